The molecule has 1 unspecified atom stereocenters. The maximum Gasteiger partial charge on any atom is 0.408 e. The lowest BCUT2D eigenvalue weighted by molar-refractivity contribution is -0.155. The summed E-state index contributed by atoms with van der Waals surface area (Å²) >= 11 is 0. The lowest BCUT2D eigenvalue weighted by Crippen LogP contribution is -2.42. The summed E-state index contributed by atoms with van der Waals surface area (Å²) < 4.78 is 9.71. The number of benzene rings is 1. The molecule has 0 saturated carbocycles. The van der Waals surface area contributed by atoms with Gasteiger partial charge in [-0.3, -0.25) is 4.79 Å². The Kier molecular flexibility index (Phi) is 6.19. The van der Waals surface area contributed by atoms with Crippen molar-refractivity contribution in [1.29, 1.82) is 0 Å². The molecule has 0 aliphatic heterocycles. The van der Waals surface area contributed by atoms with Gasteiger partial charge in [0.15, 0.2) is 6.10 Å². The van der Waals surface area contributed by atoms with Gasteiger partial charge in [-0.25, -0.2) is 9.59 Å². The Balaban J connectivity index is 2.36. The molecule has 7 nitrogen and oxygen atoms in total. The van der Waals surface area contributed by atoms with Crippen molar-refractivity contribution < 1.29 is 23.9 Å². The molecule has 2 amide bonds. The van der Waals surface area contributed by atoms with E-state index >= 15 is 0 Å². The van der Waals surface area contributed by atoms with E-state index in [4.69, 9.17) is 15.2 Å². The molecule has 0 spiro atoms. The third-order valence-electron chi connectivity index (χ3n) is 2.59. The van der Waals surface area contributed by atoms with Crippen LogP contribution in [-0.4, -0.2) is 30.1 Å². The fourth-order valence-corrected chi connectivity index (χ4v) is 1.33. The van der Waals surface area contributed by atoms with Crippen molar-refractivity contribution in [2.24, 2.45) is 5.73 Å². The number of carbonyl (C=O) groups is 3. The van der Waals surface area contributed by atoms with Gasteiger partial charge < -0.3 is 20.5 Å². The van der Waals surface area contributed by atoms with Crippen molar-refractivity contribution in [2.75, 3.05) is 0 Å². The van der Waals surface area contributed by atoms with Crippen molar-refractivity contribution in [2.45, 2.75) is 32.6 Å². The highest BCUT2D eigenvalue weighted by Gasteiger charge is 2.22. The number of alkyl carbamates (subject to hydrolysis) is 1. The van der Waals surface area contributed by atoms with Gasteiger partial charge in [0.05, 0.1) is 0 Å². The summed E-state index contributed by atoms with van der Waals surface area (Å²) in [6, 6.07) is 8.15. The van der Waals surface area contributed by atoms with E-state index in [1.165, 1.54) is 13.8 Å². The number of nitrogens with one attached hydrogen (secondary N) is 1. The number of primary amides is 1. The number of hydrogen-bond donors (Lipinski definition) is 2. The van der Waals surface area contributed by atoms with Gasteiger partial charge in [-0.2, -0.15) is 0 Å². The van der Waals surface area contributed by atoms with Crippen molar-refractivity contribution in [3.8, 4) is 0 Å². The van der Waals surface area contributed by atoms with Gasteiger partial charge in [-0.15, -0.1) is 0 Å². The molecule has 1 aromatic rings. The fourth-order valence-electron chi connectivity index (χ4n) is 1.33. The van der Waals surface area contributed by atoms with Crippen LogP contribution in [-0.2, 0) is 25.7 Å². The molecule has 0 aliphatic carbocycles. The van der Waals surface area contributed by atoms with Gasteiger partial charge in [0.25, 0.3) is 5.91 Å². The topological polar surface area (TPSA) is 108 Å². The molecule has 3 N–H and O–H groups in total. The highest BCUT2D eigenvalue weighted by molar-refractivity contribution is 5.85. The molecule has 1 aromatic carbocycles. The predicted molar refractivity (Wildman–Crippen MR) is 74.0 cm³/mol. The number of hydrogen-bond acceptors (Lipinski definition) is 5. The molecule has 0 saturated heterocycles. The summed E-state index contributed by atoms with van der Waals surface area (Å²) in [4.78, 5) is 33.9. The molecule has 0 heterocycles. The molecule has 1 rings (SSSR count). The highest BCUT2D eigenvalue weighted by Crippen LogP contribution is 2.01. The van der Waals surface area contributed by atoms with Gasteiger partial charge in [0.1, 0.15) is 12.6 Å². The molecule has 0 aliphatic rings. The molecule has 2 atom stereocenters. The Labute approximate surface area is 122 Å². The van der Waals surface area contributed by atoms with E-state index in [0.29, 0.717) is 0 Å². The summed E-state index contributed by atoms with van der Waals surface area (Å²) in [6.07, 6.45) is -1.81. The number of amides is 2. The number of esters is 1. The zero-order valence-corrected chi connectivity index (χ0v) is 11.9. The second kappa shape index (κ2) is 7.88. The SMILES string of the molecule is CC(OC(=O)[C@H](C)NC(=O)OCc1ccccc1)C(N)=O. The Hall–Kier alpha value is -2.57. The average Bonchev–Trinajstić information content (AvgIpc) is 2.45. The number of carbonyl (C=O) groups excluding carboxylic acids is 3. The Morgan fingerprint density at radius 2 is 1.81 bits per heavy atom. The number of ether oxygens (including phenoxy) is 2. The molecule has 7 heteroatoms. The van der Waals surface area contributed by atoms with Crippen LogP contribution in [0.25, 0.3) is 0 Å². The van der Waals surface area contributed by atoms with Crippen LogP contribution in [0.2, 0.25) is 0 Å². The maximum atomic E-state index is 11.6. The quantitative estimate of drug-likeness (QED) is 0.751. The summed E-state index contributed by atoms with van der Waals surface area (Å²) in [5.41, 5.74) is 5.79. The number of nitrogens with two attached hydrogens (primary N) is 1. The summed E-state index contributed by atoms with van der Waals surface area (Å²) in [5, 5.41) is 2.31. The third-order valence-corrected chi connectivity index (χ3v) is 2.59. The summed E-state index contributed by atoms with van der Waals surface area (Å²) in [6.45, 7) is 2.85. The van der Waals surface area contributed by atoms with Crippen molar-refractivity contribution in [3.63, 3.8) is 0 Å². The van der Waals surface area contributed by atoms with Crippen LogP contribution >= 0.6 is 0 Å². The molecule has 114 valence electrons. The first-order valence-corrected chi connectivity index (χ1v) is 6.37. The largest absolute Gasteiger partial charge is 0.451 e. The van der Waals surface area contributed by atoms with Crippen LogP contribution in [0, 0.1) is 0 Å². The first-order valence-electron chi connectivity index (χ1n) is 6.37. The Bertz CT molecular complexity index is 503. The van der Waals surface area contributed by atoms with E-state index in [9.17, 15) is 14.4 Å². The minimum Gasteiger partial charge on any atom is -0.451 e. The smallest absolute Gasteiger partial charge is 0.408 e. The maximum absolute atomic E-state index is 11.6. The van der Waals surface area contributed by atoms with Crippen LogP contribution in [0.4, 0.5) is 4.79 Å². The van der Waals surface area contributed by atoms with E-state index in [1.807, 2.05) is 18.2 Å². The minimum atomic E-state index is -1.05. The normalized spacial score (nSPS) is 12.9. The monoisotopic (exact) mass is 294 g/mol. The fraction of sp³-hybridized carbons (Fsp3) is 0.357. The second-order valence-electron chi connectivity index (χ2n) is 4.41. The van der Waals surface area contributed by atoms with Crippen LogP contribution in [0.15, 0.2) is 30.3 Å². The molecule has 21 heavy (non-hydrogen) atoms. The molecule has 0 radical (unpaired) electrons. The molecular weight excluding hydrogens is 276 g/mol. The van der Waals surface area contributed by atoms with Crippen LogP contribution < -0.4 is 11.1 Å². The summed E-state index contributed by atoms with van der Waals surface area (Å²) in [7, 11) is 0. The highest BCUT2D eigenvalue weighted by atomic mass is 16.6. The van der Waals surface area contributed by atoms with Crippen molar-refractivity contribution >= 4 is 18.0 Å². The lowest BCUT2D eigenvalue weighted by atomic mass is 10.2. The van der Waals surface area contributed by atoms with E-state index in [1.54, 1.807) is 12.1 Å². The second-order valence-corrected chi connectivity index (χ2v) is 4.41. The molecule has 0 fully saturated rings. The summed E-state index contributed by atoms with van der Waals surface area (Å²) in [5.74, 6) is -1.53. The van der Waals surface area contributed by atoms with Gasteiger partial charge >= 0.3 is 12.1 Å². The zero-order valence-electron chi connectivity index (χ0n) is 11.9. The van der Waals surface area contributed by atoms with Crippen LogP contribution in [0.1, 0.15) is 19.4 Å². The Morgan fingerprint density at radius 1 is 1.19 bits per heavy atom. The first-order chi connectivity index (χ1) is 9.90. The van der Waals surface area contributed by atoms with Crippen LogP contribution in [0.5, 0.6) is 0 Å². The average molecular weight is 294 g/mol. The van der Waals surface area contributed by atoms with Gasteiger partial charge in [-0.1, -0.05) is 30.3 Å². The molecule has 0 aromatic heterocycles. The van der Waals surface area contributed by atoms with Crippen molar-refractivity contribution in [1.82, 2.24) is 5.32 Å². The third kappa shape index (κ3) is 5.94. The zero-order chi connectivity index (χ0) is 15.8. The molecular formula is C14H18N2O5. The Morgan fingerprint density at radius 3 is 2.38 bits per heavy atom. The number of rotatable bonds is 6. The molecule has 0 bridgehead atoms. The van der Waals surface area contributed by atoms with Gasteiger partial charge in [-0.05, 0) is 19.4 Å². The van der Waals surface area contributed by atoms with Crippen molar-refractivity contribution in [3.05, 3.63) is 35.9 Å². The standard InChI is InChI=1S/C14H18N2O5/c1-9(13(18)21-10(2)12(15)17)16-14(19)20-8-11-6-4-3-5-7-11/h3-7,9-10H,8H2,1-2H3,(H2,15,17)(H,16,19)/t9-,10?/m0/s1. The van der Waals surface area contributed by atoms with E-state index < -0.39 is 30.1 Å². The van der Waals surface area contributed by atoms with E-state index in [2.05, 4.69) is 5.32 Å². The van der Waals surface area contributed by atoms with Gasteiger partial charge in [0, 0.05) is 0 Å². The minimum absolute atomic E-state index is 0.0894. The van der Waals surface area contributed by atoms with Crippen LogP contribution in [0.3, 0.4) is 0 Å². The van der Waals surface area contributed by atoms with E-state index in [-0.39, 0.29) is 6.61 Å². The lowest BCUT2D eigenvalue weighted by Gasteiger charge is -2.15. The first kappa shape index (κ1) is 16.5. The predicted octanol–water partition coefficient (Wildman–Crippen LogP) is 0.718. The van der Waals surface area contributed by atoms with Gasteiger partial charge in [0.2, 0.25) is 0 Å². The van der Waals surface area contributed by atoms with E-state index in [0.717, 1.165) is 5.56 Å².